The van der Waals surface area contributed by atoms with Crippen molar-refractivity contribution in [2.75, 3.05) is 19.7 Å². The van der Waals surface area contributed by atoms with Crippen LogP contribution in [0.2, 0.25) is 0 Å². The molecule has 3 atom stereocenters. The van der Waals surface area contributed by atoms with E-state index in [9.17, 15) is 13.9 Å². The number of β-amino-alcohol motifs (C(OH)–C–C–N with tert-alkyl or cyclic N) is 1. The minimum absolute atomic E-state index is 0.168. The van der Waals surface area contributed by atoms with Crippen molar-refractivity contribution in [1.82, 2.24) is 4.90 Å². The molecule has 1 unspecified atom stereocenters. The molecule has 4 rings (SSSR count). The second-order valence-corrected chi connectivity index (χ2v) is 9.12. The van der Waals surface area contributed by atoms with Gasteiger partial charge in [0.15, 0.2) is 0 Å². The lowest BCUT2D eigenvalue weighted by molar-refractivity contribution is -0.113. The highest BCUT2D eigenvalue weighted by molar-refractivity contribution is 7.12. The minimum Gasteiger partial charge on any atom is -0.387 e. The Kier molecular flexibility index (Phi) is 5.83. The van der Waals surface area contributed by atoms with Crippen molar-refractivity contribution in [3.63, 3.8) is 0 Å². The van der Waals surface area contributed by atoms with Gasteiger partial charge >= 0.3 is 0 Å². The molecule has 1 N–H and O–H groups in total. The summed E-state index contributed by atoms with van der Waals surface area (Å²) in [6.45, 7) is 4.24. The van der Waals surface area contributed by atoms with Crippen LogP contribution in [-0.4, -0.2) is 42.2 Å². The van der Waals surface area contributed by atoms with Gasteiger partial charge in [-0.15, -0.1) is 11.3 Å². The molecule has 1 saturated heterocycles. The van der Waals surface area contributed by atoms with E-state index in [1.807, 2.05) is 36.4 Å². The Morgan fingerprint density at radius 3 is 2.82 bits per heavy atom. The molecule has 0 saturated carbocycles. The highest BCUT2D eigenvalue weighted by atomic mass is 32.1. The van der Waals surface area contributed by atoms with Crippen LogP contribution in [0.3, 0.4) is 0 Å². The number of hydrogen-bond acceptors (Lipinski definition) is 4. The summed E-state index contributed by atoms with van der Waals surface area (Å²) in [5.74, 6) is 0. The van der Waals surface area contributed by atoms with E-state index in [0.29, 0.717) is 13.2 Å². The lowest BCUT2D eigenvalue weighted by atomic mass is 9.82. The largest absolute Gasteiger partial charge is 0.387 e. The number of benzene rings is 1. The van der Waals surface area contributed by atoms with Crippen molar-refractivity contribution in [3.8, 4) is 0 Å². The van der Waals surface area contributed by atoms with Crippen molar-refractivity contribution in [2.45, 2.75) is 56.8 Å². The number of alkyl halides is 2. The fourth-order valence-electron chi connectivity index (χ4n) is 4.60. The van der Waals surface area contributed by atoms with Crippen LogP contribution in [0, 0.1) is 0 Å². The van der Waals surface area contributed by atoms with Crippen LogP contribution in [-0.2, 0) is 23.2 Å². The summed E-state index contributed by atoms with van der Waals surface area (Å²) in [6, 6.07) is 12.0. The van der Waals surface area contributed by atoms with Crippen LogP contribution in [0.25, 0.3) is 0 Å². The molecule has 28 heavy (non-hydrogen) atoms. The molecular formula is C22H27F2NO2S. The third kappa shape index (κ3) is 4.01. The standard InChI is InChI=1S/C22H27F2NO2S/c1-15-13-22(8-9-25(15)14-19(26)16-5-3-2-4-6-16)21-17(7-10-27-22)11-18(28-21)12-20(23)24/h2-6,11,15,19-20,26H,7-10,12-14H2,1H3/t15-,19?,22+/m0/s1. The lowest BCUT2D eigenvalue weighted by Crippen LogP contribution is -2.51. The lowest BCUT2D eigenvalue weighted by Gasteiger charge is -2.47. The van der Waals surface area contributed by atoms with Gasteiger partial charge in [-0.3, -0.25) is 4.90 Å². The zero-order valence-corrected chi connectivity index (χ0v) is 16.9. The van der Waals surface area contributed by atoms with Gasteiger partial charge < -0.3 is 9.84 Å². The van der Waals surface area contributed by atoms with Crippen LogP contribution >= 0.6 is 11.3 Å². The molecule has 3 nitrogen and oxygen atoms in total. The molecule has 1 aromatic heterocycles. The topological polar surface area (TPSA) is 32.7 Å². The number of likely N-dealkylation sites (tertiary alicyclic amines) is 1. The Balaban J connectivity index is 1.47. The number of fused-ring (bicyclic) bond motifs is 2. The van der Waals surface area contributed by atoms with E-state index < -0.39 is 12.5 Å². The maximum Gasteiger partial charge on any atom is 0.243 e. The Labute approximate surface area is 168 Å². The number of rotatable bonds is 5. The second-order valence-electron chi connectivity index (χ2n) is 7.98. The molecular weight excluding hydrogens is 380 g/mol. The summed E-state index contributed by atoms with van der Waals surface area (Å²) in [5.41, 5.74) is 1.77. The smallest absolute Gasteiger partial charge is 0.243 e. The average Bonchev–Trinajstić information content (AvgIpc) is 3.08. The van der Waals surface area contributed by atoms with Gasteiger partial charge in [0.2, 0.25) is 6.43 Å². The van der Waals surface area contributed by atoms with Crippen molar-refractivity contribution in [2.24, 2.45) is 0 Å². The van der Waals surface area contributed by atoms with Gasteiger partial charge in [0.05, 0.1) is 12.7 Å². The van der Waals surface area contributed by atoms with Crippen LogP contribution in [0.5, 0.6) is 0 Å². The fourth-order valence-corrected chi connectivity index (χ4v) is 5.99. The highest BCUT2D eigenvalue weighted by Gasteiger charge is 2.45. The Morgan fingerprint density at radius 2 is 2.11 bits per heavy atom. The number of halogens is 2. The molecule has 1 spiro atoms. The quantitative estimate of drug-likeness (QED) is 0.790. The summed E-state index contributed by atoms with van der Waals surface area (Å²) >= 11 is 1.51. The molecule has 152 valence electrons. The summed E-state index contributed by atoms with van der Waals surface area (Å²) in [4.78, 5) is 4.23. The summed E-state index contributed by atoms with van der Waals surface area (Å²) < 4.78 is 32.0. The monoisotopic (exact) mass is 407 g/mol. The molecule has 1 aromatic carbocycles. The van der Waals surface area contributed by atoms with Crippen LogP contribution < -0.4 is 0 Å². The van der Waals surface area contributed by atoms with E-state index >= 15 is 0 Å². The van der Waals surface area contributed by atoms with Crippen molar-refractivity contribution >= 4 is 11.3 Å². The number of nitrogens with zero attached hydrogens (tertiary/aromatic N) is 1. The van der Waals surface area contributed by atoms with E-state index in [4.69, 9.17) is 4.74 Å². The minimum atomic E-state index is -2.31. The maximum atomic E-state index is 12.8. The van der Waals surface area contributed by atoms with Crippen molar-refractivity contribution in [3.05, 3.63) is 57.3 Å². The van der Waals surface area contributed by atoms with E-state index in [0.717, 1.165) is 41.1 Å². The van der Waals surface area contributed by atoms with Gasteiger partial charge in [0.25, 0.3) is 0 Å². The van der Waals surface area contributed by atoms with Gasteiger partial charge in [-0.25, -0.2) is 8.78 Å². The van der Waals surface area contributed by atoms with Gasteiger partial charge in [0.1, 0.15) is 5.60 Å². The second kappa shape index (κ2) is 8.19. The van der Waals surface area contributed by atoms with E-state index in [-0.39, 0.29) is 18.1 Å². The number of aliphatic hydroxyl groups excluding tert-OH is 1. The van der Waals surface area contributed by atoms with Crippen molar-refractivity contribution < 1.29 is 18.6 Å². The Morgan fingerprint density at radius 1 is 1.32 bits per heavy atom. The first-order valence-corrected chi connectivity index (χ1v) is 10.8. The predicted octanol–water partition coefficient (Wildman–Crippen LogP) is 4.54. The molecule has 2 aliphatic rings. The molecule has 0 radical (unpaired) electrons. The molecule has 0 bridgehead atoms. The third-order valence-electron chi connectivity index (χ3n) is 6.02. The van der Waals surface area contributed by atoms with Crippen LogP contribution in [0.4, 0.5) is 8.78 Å². The number of ether oxygens (including phenoxy) is 1. The number of hydrogen-bond donors (Lipinski definition) is 1. The van der Waals surface area contributed by atoms with Crippen molar-refractivity contribution in [1.29, 1.82) is 0 Å². The van der Waals surface area contributed by atoms with Crippen LogP contribution in [0.1, 0.15) is 46.8 Å². The SMILES string of the molecule is C[C@H]1C[C@@]2(CCN1CC(O)c1ccccc1)OCCc1cc(CC(F)F)sc12. The molecule has 2 aromatic rings. The zero-order valence-electron chi connectivity index (χ0n) is 16.1. The number of piperidine rings is 1. The van der Waals surface area contributed by atoms with E-state index in [1.54, 1.807) is 0 Å². The molecule has 0 aliphatic carbocycles. The average molecular weight is 408 g/mol. The van der Waals surface area contributed by atoms with Crippen LogP contribution in [0.15, 0.2) is 36.4 Å². The molecule has 6 heteroatoms. The normalized spacial score (nSPS) is 26.5. The molecule has 0 amide bonds. The third-order valence-corrected chi connectivity index (χ3v) is 7.41. The van der Waals surface area contributed by atoms with E-state index in [1.165, 1.54) is 16.9 Å². The highest BCUT2D eigenvalue weighted by Crippen LogP contribution is 2.47. The van der Waals surface area contributed by atoms with Gasteiger partial charge in [0, 0.05) is 35.3 Å². The Bertz CT molecular complexity index is 797. The maximum absolute atomic E-state index is 12.8. The molecule has 2 aliphatic heterocycles. The molecule has 3 heterocycles. The summed E-state index contributed by atoms with van der Waals surface area (Å²) in [5, 5.41) is 10.6. The number of thiophene rings is 1. The number of aliphatic hydroxyl groups is 1. The summed E-state index contributed by atoms with van der Waals surface area (Å²) in [7, 11) is 0. The first kappa shape index (κ1) is 20.0. The predicted molar refractivity (Wildman–Crippen MR) is 107 cm³/mol. The van der Waals surface area contributed by atoms with Gasteiger partial charge in [-0.05, 0) is 43.4 Å². The summed E-state index contributed by atoms with van der Waals surface area (Å²) in [6.07, 6.45) is -0.520. The Hall–Kier alpha value is -1.34. The molecule has 1 fully saturated rings. The van der Waals surface area contributed by atoms with Gasteiger partial charge in [-0.2, -0.15) is 0 Å². The first-order chi connectivity index (χ1) is 13.5. The zero-order chi connectivity index (χ0) is 19.7. The fraction of sp³-hybridized carbons (Fsp3) is 0.545. The first-order valence-electron chi connectivity index (χ1n) is 9.98. The van der Waals surface area contributed by atoms with E-state index in [2.05, 4.69) is 11.8 Å². The van der Waals surface area contributed by atoms with Gasteiger partial charge in [-0.1, -0.05) is 30.3 Å².